The van der Waals surface area contributed by atoms with Gasteiger partial charge in [0.15, 0.2) is 5.82 Å². The summed E-state index contributed by atoms with van der Waals surface area (Å²) in [5.41, 5.74) is 1.68. The zero-order valence-corrected chi connectivity index (χ0v) is 14.6. The normalized spacial score (nSPS) is 14.6. The molecular formula is C18H25N5O2. The molecule has 3 rings (SSSR count). The van der Waals surface area contributed by atoms with E-state index in [-0.39, 0.29) is 0 Å². The van der Waals surface area contributed by atoms with Gasteiger partial charge in [0.25, 0.3) is 0 Å². The summed E-state index contributed by atoms with van der Waals surface area (Å²) < 4.78 is 5.19. The number of carbonyl (C=O) groups is 1. The predicted octanol–water partition coefficient (Wildman–Crippen LogP) is 2.32. The van der Waals surface area contributed by atoms with E-state index in [0.29, 0.717) is 18.1 Å². The first-order valence-corrected chi connectivity index (χ1v) is 8.79. The molecule has 3 heterocycles. The third-order valence-corrected chi connectivity index (χ3v) is 4.57. The zero-order chi connectivity index (χ0) is 17.5. The number of aromatic amines is 1. The minimum Gasteiger partial charge on any atom is -0.495 e. The minimum atomic E-state index is 0.633. The molecule has 1 aliphatic rings. The number of carbonyl (C=O) groups excluding carboxylic acids is 1. The quantitative estimate of drug-likeness (QED) is 0.559. The summed E-state index contributed by atoms with van der Waals surface area (Å²) in [6.07, 6.45) is 8.93. The van der Waals surface area contributed by atoms with Gasteiger partial charge in [0.05, 0.1) is 19.0 Å². The summed E-state index contributed by atoms with van der Waals surface area (Å²) in [6.45, 7) is 4.23. The molecule has 1 amide bonds. The second-order valence-corrected chi connectivity index (χ2v) is 6.31. The maximum absolute atomic E-state index is 11.4. The molecule has 0 aromatic carbocycles. The van der Waals surface area contributed by atoms with Gasteiger partial charge in [-0.3, -0.25) is 19.8 Å². The third kappa shape index (κ3) is 4.57. The van der Waals surface area contributed by atoms with Gasteiger partial charge in [-0.2, -0.15) is 5.10 Å². The number of pyridine rings is 1. The van der Waals surface area contributed by atoms with E-state index >= 15 is 0 Å². The van der Waals surface area contributed by atoms with E-state index in [4.69, 9.17) is 4.74 Å². The van der Waals surface area contributed by atoms with Gasteiger partial charge < -0.3 is 9.64 Å². The number of H-pyrrole nitrogens is 1. The molecule has 1 saturated heterocycles. The average molecular weight is 343 g/mol. The fourth-order valence-electron chi connectivity index (χ4n) is 3.13. The van der Waals surface area contributed by atoms with Crippen LogP contribution >= 0.6 is 0 Å². The van der Waals surface area contributed by atoms with Crippen molar-refractivity contribution in [1.82, 2.24) is 20.1 Å². The van der Waals surface area contributed by atoms with Crippen LogP contribution in [0.1, 0.15) is 25.7 Å². The molecule has 2 aromatic heterocycles. The highest BCUT2D eigenvalue weighted by molar-refractivity contribution is 5.75. The first kappa shape index (κ1) is 17.4. The van der Waals surface area contributed by atoms with E-state index in [1.54, 1.807) is 24.4 Å². The smallest absolute Gasteiger partial charge is 0.215 e. The number of anilines is 1. The van der Waals surface area contributed by atoms with Crippen LogP contribution in [0.2, 0.25) is 0 Å². The molecule has 7 nitrogen and oxygen atoms in total. The van der Waals surface area contributed by atoms with Crippen LogP contribution in [-0.2, 0) is 4.79 Å². The Morgan fingerprint density at radius 1 is 1.28 bits per heavy atom. The standard InChI is InChI=1S/C18H25N5O2/c1-25-16-10-15(12-19-13-16)17-11-18(21-20-17)23(14-24)9-5-4-8-22-6-2-3-7-22/h10-14H,2-9H2,1H3,(H,20,21). The van der Waals surface area contributed by atoms with Crippen molar-refractivity contribution in [3.63, 3.8) is 0 Å². The number of hydrogen-bond acceptors (Lipinski definition) is 5. The van der Waals surface area contributed by atoms with Gasteiger partial charge in [0, 0.05) is 24.4 Å². The molecule has 2 aromatic rings. The van der Waals surface area contributed by atoms with Crippen LogP contribution in [0, 0.1) is 0 Å². The lowest BCUT2D eigenvalue weighted by atomic mass is 10.2. The molecule has 25 heavy (non-hydrogen) atoms. The highest BCUT2D eigenvalue weighted by Gasteiger charge is 2.13. The molecule has 0 bridgehead atoms. The first-order chi connectivity index (χ1) is 12.3. The van der Waals surface area contributed by atoms with Gasteiger partial charge in [-0.15, -0.1) is 0 Å². The van der Waals surface area contributed by atoms with Crippen molar-refractivity contribution in [1.29, 1.82) is 0 Å². The number of aromatic nitrogens is 3. The fourth-order valence-corrected chi connectivity index (χ4v) is 3.13. The largest absolute Gasteiger partial charge is 0.495 e. The summed E-state index contributed by atoms with van der Waals surface area (Å²) in [6, 6.07) is 3.75. The van der Waals surface area contributed by atoms with Gasteiger partial charge in [-0.1, -0.05) is 0 Å². The lowest BCUT2D eigenvalue weighted by Crippen LogP contribution is -2.25. The van der Waals surface area contributed by atoms with Gasteiger partial charge in [0.1, 0.15) is 5.75 Å². The molecular weight excluding hydrogens is 318 g/mol. The Labute approximate surface area is 148 Å². The number of nitrogens with zero attached hydrogens (tertiary/aromatic N) is 4. The van der Waals surface area contributed by atoms with E-state index in [2.05, 4.69) is 20.1 Å². The number of hydrogen-bond donors (Lipinski definition) is 1. The Hall–Kier alpha value is -2.41. The fraction of sp³-hybridized carbons (Fsp3) is 0.500. The van der Waals surface area contributed by atoms with Crippen molar-refractivity contribution in [3.05, 3.63) is 24.5 Å². The van der Waals surface area contributed by atoms with E-state index < -0.39 is 0 Å². The average Bonchev–Trinajstić information content (AvgIpc) is 3.34. The van der Waals surface area contributed by atoms with Gasteiger partial charge >= 0.3 is 0 Å². The summed E-state index contributed by atoms with van der Waals surface area (Å²) in [5, 5.41) is 7.24. The Kier molecular flexibility index (Phi) is 6.00. The van der Waals surface area contributed by atoms with E-state index in [9.17, 15) is 4.79 Å². The van der Waals surface area contributed by atoms with Gasteiger partial charge in [0.2, 0.25) is 6.41 Å². The van der Waals surface area contributed by atoms with Crippen molar-refractivity contribution >= 4 is 12.2 Å². The van der Waals surface area contributed by atoms with Crippen LogP contribution in [-0.4, -0.2) is 59.8 Å². The van der Waals surface area contributed by atoms with Crippen LogP contribution in [0.25, 0.3) is 11.3 Å². The van der Waals surface area contributed by atoms with E-state index in [1.807, 2.05) is 12.1 Å². The van der Waals surface area contributed by atoms with Crippen molar-refractivity contribution in [2.45, 2.75) is 25.7 Å². The molecule has 1 N–H and O–H groups in total. The lowest BCUT2D eigenvalue weighted by molar-refractivity contribution is -0.107. The van der Waals surface area contributed by atoms with Crippen LogP contribution in [0.15, 0.2) is 24.5 Å². The van der Waals surface area contributed by atoms with E-state index in [1.165, 1.54) is 25.9 Å². The molecule has 1 fully saturated rings. The first-order valence-electron chi connectivity index (χ1n) is 8.79. The van der Waals surface area contributed by atoms with Crippen molar-refractivity contribution < 1.29 is 9.53 Å². The number of amides is 1. The number of methoxy groups -OCH3 is 1. The summed E-state index contributed by atoms with van der Waals surface area (Å²) in [5.74, 6) is 1.32. The molecule has 0 aliphatic carbocycles. The number of unbranched alkanes of at least 4 members (excludes halogenated alkanes) is 1. The molecule has 0 spiro atoms. The molecule has 0 saturated carbocycles. The van der Waals surface area contributed by atoms with Gasteiger partial charge in [-0.05, 0) is 51.4 Å². The number of rotatable bonds is 9. The molecule has 0 atom stereocenters. The number of nitrogens with one attached hydrogen (secondary N) is 1. The van der Waals surface area contributed by atoms with Crippen LogP contribution in [0.4, 0.5) is 5.82 Å². The molecule has 1 aliphatic heterocycles. The number of likely N-dealkylation sites (tertiary alicyclic amines) is 1. The zero-order valence-electron chi connectivity index (χ0n) is 14.6. The van der Waals surface area contributed by atoms with Crippen molar-refractivity contribution in [3.8, 4) is 17.0 Å². The van der Waals surface area contributed by atoms with Crippen LogP contribution in [0.3, 0.4) is 0 Å². The summed E-state index contributed by atoms with van der Waals surface area (Å²) in [4.78, 5) is 19.7. The lowest BCUT2D eigenvalue weighted by Gasteiger charge is -2.17. The van der Waals surface area contributed by atoms with Gasteiger partial charge in [-0.25, -0.2) is 0 Å². The molecule has 0 unspecified atom stereocenters. The molecule has 7 heteroatoms. The van der Waals surface area contributed by atoms with E-state index in [0.717, 1.165) is 37.1 Å². The van der Waals surface area contributed by atoms with Crippen LogP contribution in [0.5, 0.6) is 5.75 Å². The second-order valence-electron chi connectivity index (χ2n) is 6.31. The Morgan fingerprint density at radius 3 is 2.88 bits per heavy atom. The third-order valence-electron chi connectivity index (χ3n) is 4.57. The Bertz CT molecular complexity index is 682. The highest BCUT2D eigenvalue weighted by Crippen LogP contribution is 2.24. The maximum atomic E-state index is 11.4. The van der Waals surface area contributed by atoms with Crippen molar-refractivity contribution in [2.75, 3.05) is 38.2 Å². The summed E-state index contributed by atoms with van der Waals surface area (Å²) >= 11 is 0. The maximum Gasteiger partial charge on any atom is 0.215 e. The predicted molar refractivity (Wildman–Crippen MR) is 96.7 cm³/mol. The SMILES string of the molecule is COc1cncc(-c2cc(N(C=O)CCCCN3CCCC3)n[nH]2)c1. The highest BCUT2D eigenvalue weighted by atomic mass is 16.5. The molecule has 134 valence electrons. The molecule has 0 radical (unpaired) electrons. The van der Waals surface area contributed by atoms with Crippen molar-refractivity contribution in [2.24, 2.45) is 0 Å². The Balaban J connectivity index is 1.55. The van der Waals surface area contributed by atoms with Crippen LogP contribution < -0.4 is 9.64 Å². The summed E-state index contributed by atoms with van der Waals surface area (Å²) in [7, 11) is 1.61. The monoisotopic (exact) mass is 343 g/mol. The number of ether oxygens (including phenoxy) is 1. The topological polar surface area (TPSA) is 74.3 Å². The Morgan fingerprint density at radius 2 is 2.12 bits per heavy atom. The second kappa shape index (κ2) is 8.62. The minimum absolute atomic E-state index is 0.633.